The van der Waals surface area contributed by atoms with Gasteiger partial charge in [-0.25, -0.2) is 0 Å². The Bertz CT molecular complexity index is 92.2. The van der Waals surface area contributed by atoms with Crippen molar-refractivity contribution in [2.75, 3.05) is 18.1 Å². The zero-order chi connectivity index (χ0) is 6.81. The van der Waals surface area contributed by atoms with Gasteiger partial charge < -0.3 is 5.32 Å². The number of nitrogens with one attached hydrogen (secondary N) is 1. The lowest BCUT2D eigenvalue weighted by molar-refractivity contribution is 0.327. The van der Waals surface area contributed by atoms with Crippen LogP contribution >= 0.6 is 21.6 Å². The van der Waals surface area contributed by atoms with Crippen LogP contribution in [0.4, 0.5) is 0 Å². The Balaban J connectivity index is 1.93. The van der Waals surface area contributed by atoms with E-state index in [0.717, 1.165) is 12.0 Å². The second-order valence-corrected chi connectivity index (χ2v) is 5.58. The van der Waals surface area contributed by atoms with Crippen LogP contribution in [-0.4, -0.2) is 24.1 Å². The molecule has 2 fully saturated rings. The lowest BCUT2D eigenvalue weighted by Crippen LogP contribution is -2.45. The van der Waals surface area contributed by atoms with Gasteiger partial charge >= 0.3 is 0 Å². The van der Waals surface area contributed by atoms with E-state index in [9.17, 15) is 0 Å². The third kappa shape index (κ3) is 1.46. The van der Waals surface area contributed by atoms with Crippen molar-refractivity contribution in [2.24, 2.45) is 5.92 Å². The molecule has 0 aromatic rings. The van der Waals surface area contributed by atoms with E-state index >= 15 is 0 Å². The van der Waals surface area contributed by atoms with E-state index in [1.165, 1.54) is 30.9 Å². The summed E-state index contributed by atoms with van der Waals surface area (Å²) in [5.41, 5.74) is 0. The minimum Gasteiger partial charge on any atom is -0.313 e. The van der Waals surface area contributed by atoms with E-state index in [1.54, 1.807) is 0 Å². The number of rotatable bonds is 0. The van der Waals surface area contributed by atoms with Crippen molar-refractivity contribution in [3.63, 3.8) is 0 Å². The molecule has 0 aliphatic carbocycles. The van der Waals surface area contributed by atoms with Crippen molar-refractivity contribution < 1.29 is 0 Å². The summed E-state index contributed by atoms with van der Waals surface area (Å²) in [6.45, 7) is 1.26. The van der Waals surface area contributed by atoms with Crippen LogP contribution < -0.4 is 5.32 Å². The van der Waals surface area contributed by atoms with Gasteiger partial charge in [-0.3, -0.25) is 0 Å². The smallest absolute Gasteiger partial charge is 0.0202 e. The maximum atomic E-state index is 3.59. The molecular formula is C7H13NS2. The van der Waals surface area contributed by atoms with Crippen LogP contribution in [0, 0.1) is 5.92 Å². The third-order valence-electron chi connectivity index (χ3n) is 2.34. The molecule has 0 amide bonds. The van der Waals surface area contributed by atoms with Crippen molar-refractivity contribution in [3.8, 4) is 0 Å². The lowest BCUT2D eigenvalue weighted by atomic mass is 9.94. The molecule has 1 nitrogen and oxygen atoms in total. The van der Waals surface area contributed by atoms with Gasteiger partial charge in [0, 0.05) is 17.5 Å². The number of piperidine rings is 1. The molecule has 2 heterocycles. The number of fused-ring (bicyclic) bond motifs is 1. The highest BCUT2D eigenvalue weighted by Gasteiger charge is 2.27. The second-order valence-electron chi connectivity index (χ2n) is 3.03. The van der Waals surface area contributed by atoms with Gasteiger partial charge in [0.2, 0.25) is 0 Å². The molecule has 0 saturated carbocycles. The molecule has 2 rings (SSSR count). The Morgan fingerprint density at radius 1 is 1.20 bits per heavy atom. The van der Waals surface area contributed by atoms with Gasteiger partial charge in [0.25, 0.3) is 0 Å². The van der Waals surface area contributed by atoms with Gasteiger partial charge in [0.05, 0.1) is 0 Å². The Morgan fingerprint density at radius 3 is 3.00 bits per heavy atom. The molecule has 3 heteroatoms. The minimum atomic E-state index is 0.847. The molecule has 1 N–H and O–H groups in total. The SMILES string of the molecule is C1CN[C@H]2CSSC[C@H]2C1. The van der Waals surface area contributed by atoms with Crippen LogP contribution in [0.15, 0.2) is 0 Å². The van der Waals surface area contributed by atoms with E-state index in [-0.39, 0.29) is 0 Å². The summed E-state index contributed by atoms with van der Waals surface area (Å²) in [5.74, 6) is 3.69. The Kier molecular flexibility index (Phi) is 2.47. The van der Waals surface area contributed by atoms with Gasteiger partial charge in [-0.1, -0.05) is 21.6 Å². The Hall–Kier alpha value is 0.660. The van der Waals surface area contributed by atoms with Crippen molar-refractivity contribution in [1.29, 1.82) is 0 Å². The molecule has 2 aliphatic heterocycles. The normalized spacial score (nSPS) is 40.8. The third-order valence-corrected chi connectivity index (χ3v) is 4.88. The quantitative estimate of drug-likeness (QED) is 0.563. The molecule has 0 unspecified atom stereocenters. The average molecular weight is 175 g/mol. The summed E-state index contributed by atoms with van der Waals surface area (Å²) < 4.78 is 0. The first-order chi connectivity index (χ1) is 4.97. The fourth-order valence-corrected chi connectivity index (χ4v) is 4.52. The zero-order valence-corrected chi connectivity index (χ0v) is 7.64. The van der Waals surface area contributed by atoms with Crippen LogP contribution in [0.2, 0.25) is 0 Å². The number of hydrogen-bond donors (Lipinski definition) is 1. The minimum absolute atomic E-state index is 0.847. The molecule has 0 spiro atoms. The van der Waals surface area contributed by atoms with Gasteiger partial charge in [-0.2, -0.15) is 0 Å². The van der Waals surface area contributed by atoms with E-state index in [1.807, 2.05) is 10.8 Å². The van der Waals surface area contributed by atoms with E-state index < -0.39 is 0 Å². The summed E-state index contributed by atoms with van der Waals surface area (Å²) >= 11 is 0. The first kappa shape index (κ1) is 7.32. The molecule has 0 radical (unpaired) electrons. The van der Waals surface area contributed by atoms with Gasteiger partial charge in [0.1, 0.15) is 0 Å². The molecular weight excluding hydrogens is 162 g/mol. The zero-order valence-electron chi connectivity index (χ0n) is 6.01. The van der Waals surface area contributed by atoms with Crippen molar-refractivity contribution in [2.45, 2.75) is 18.9 Å². The molecule has 10 heavy (non-hydrogen) atoms. The lowest BCUT2D eigenvalue weighted by Gasteiger charge is -2.35. The summed E-state index contributed by atoms with van der Waals surface area (Å²) in [6.07, 6.45) is 2.86. The fourth-order valence-electron chi connectivity index (χ4n) is 1.67. The van der Waals surface area contributed by atoms with E-state index in [2.05, 4.69) is 16.1 Å². The second kappa shape index (κ2) is 3.37. The summed E-state index contributed by atoms with van der Waals surface area (Å²) in [4.78, 5) is 0. The van der Waals surface area contributed by atoms with Gasteiger partial charge in [-0.15, -0.1) is 0 Å². The molecule has 2 saturated heterocycles. The summed E-state index contributed by atoms with van der Waals surface area (Å²) in [5, 5.41) is 3.59. The molecule has 2 atom stereocenters. The van der Waals surface area contributed by atoms with Crippen molar-refractivity contribution in [3.05, 3.63) is 0 Å². The van der Waals surface area contributed by atoms with Crippen LogP contribution in [0.3, 0.4) is 0 Å². The Morgan fingerprint density at radius 2 is 2.10 bits per heavy atom. The highest BCUT2D eigenvalue weighted by molar-refractivity contribution is 8.76. The molecule has 0 aromatic heterocycles. The fraction of sp³-hybridized carbons (Fsp3) is 1.00. The van der Waals surface area contributed by atoms with E-state index in [4.69, 9.17) is 0 Å². The topological polar surface area (TPSA) is 12.0 Å². The maximum Gasteiger partial charge on any atom is 0.0202 e. The van der Waals surface area contributed by atoms with Crippen LogP contribution in [0.25, 0.3) is 0 Å². The molecule has 0 aromatic carbocycles. The van der Waals surface area contributed by atoms with Crippen molar-refractivity contribution >= 4 is 21.6 Å². The highest BCUT2D eigenvalue weighted by Crippen LogP contribution is 2.36. The van der Waals surface area contributed by atoms with Gasteiger partial charge in [0.15, 0.2) is 0 Å². The molecule has 2 aliphatic rings. The summed E-state index contributed by atoms with van der Waals surface area (Å²) in [7, 11) is 4.09. The first-order valence-corrected chi connectivity index (χ1v) is 6.43. The average Bonchev–Trinajstić information content (AvgIpc) is 2.05. The van der Waals surface area contributed by atoms with Crippen LogP contribution in [-0.2, 0) is 0 Å². The van der Waals surface area contributed by atoms with Crippen LogP contribution in [0.1, 0.15) is 12.8 Å². The standard InChI is InChI=1S/C7H13NS2/c1-2-6-4-9-10-5-7(6)8-3-1/h6-8H,1-5H2/t6-,7+/m1/s1. The molecule has 0 bridgehead atoms. The predicted octanol–water partition coefficient (Wildman–Crippen LogP) is 1.75. The largest absolute Gasteiger partial charge is 0.313 e. The predicted molar refractivity (Wildman–Crippen MR) is 49.4 cm³/mol. The monoisotopic (exact) mass is 175 g/mol. The van der Waals surface area contributed by atoms with E-state index in [0.29, 0.717) is 0 Å². The first-order valence-electron chi connectivity index (χ1n) is 3.94. The summed E-state index contributed by atoms with van der Waals surface area (Å²) in [6, 6.07) is 0.847. The highest BCUT2D eigenvalue weighted by atomic mass is 33.1. The van der Waals surface area contributed by atoms with Crippen molar-refractivity contribution in [1.82, 2.24) is 5.32 Å². The van der Waals surface area contributed by atoms with Gasteiger partial charge in [-0.05, 0) is 25.3 Å². The Labute approximate surface area is 70.1 Å². The maximum absolute atomic E-state index is 3.59. The molecule has 58 valence electrons. The number of hydrogen-bond acceptors (Lipinski definition) is 3. The van der Waals surface area contributed by atoms with Crippen LogP contribution in [0.5, 0.6) is 0 Å².